The van der Waals surface area contributed by atoms with Gasteiger partial charge in [0.2, 0.25) is 0 Å². The van der Waals surface area contributed by atoms with Gasteiger partial charge in [0.1, 0.15) is 11.9 Å². The molecule has 1 N–H and O–H groups in total. The van der Waals surface area contributed by atoms with Gasteiger partial charge < -0.3 is 9.84 Å². The van der Waals surface area contributed by atoms with E-state index in [0.29, 0.717) is 6.61 Å². The third-order valence-corrected chi connectivity index (χ3v) is 1.69. The van der Waals surface area contributed by atoms with Crippen molar-refractivity contribution in [1.29, 1.82) is 0 Å². The Labute approximate surface area is 79.4 Å². The van der Waals surface area contributed by atoms with E-state index in [2.05, 4.69) is 0 Å². The molecule has 0 saturated carbocycles. The van der Waals surface area contributed by atoms with Crippen molar-refractivity contribution in [2.45, 2.75) is 33.8 Å². The van der Waals surface area contributed by atoms with Crippen LogP contribution in [-0.2, 0) is 9.53 Å². The molecular weight excluding hydrogens is 168 g/mol. The van der Waals surface area contributed by atoms with Crippen LogP contribution in [0.2, 0.25) is 0 Å². The molecule has 0 aliphatic rings. The van der Waals surface area contributed by atoms with Crippen molar-refractivity contribution in [3.63, 3.8) is 0 Å². The highest BCUT2D eigenvalue weighted by Crippen LogP contribution is 2.05. The lowest BCUT2D eigenvalue weighted by Gasteiger charge is -2.10. The molecule has 0 rings (SSSR count). The molecule has 1 atom stereocenters. The molecule has 0 heterocycles. The number of rotatable bonds is 5. The van der Waals surface area contributed by atoms with E-state index in [4.69, 9.17) is 4.74 Å². The molecule has 0 aromatic heterocycles. The fraction of sp³-hybridized carbons (Fsp3) is 0.700. The molecule has 0 aliphatic heterocycles. The van der Waals surface area contributed by atoms with Crippen LogP contribution in [0.4, 0.5) is 0 Å². The first-order chi connectivity index (χ1) is 5.99. The average Bonchev–Trinajstić information content (AvgIpc) is 2.04. The molecule has 76 valence electrons. The quantitative estimate of drug-likeness (QED) is 0.528. The van der Waals surface area contributed by atoms with Crippen molar-refractivity contribution < 1.29 is 14.6 Å². The Morgan fingerprint density at radius 1 is 1.46 bits per heavy atom. The number of carbonyl (C=O) groups excluding carboxylic acids is 1. The van der Waals surface area contributed by atoms with E-state index in [0.717, 1.165) is 0 Å². The summed E-state index contributed by atoms with van der Waals surface area (Å²) in [6.07, 6.45) is 0.845. The molecule has 0 saturated heterocycles. The minimum atomic E-state index is -0.396. The molecule has 13 heavy (non-hydrogen) atoms. The molecule has 0 aromatic rings. The van der Waals surface area contributed by atoms with Gasteiger partial charge in [0.05, 0.1) is 0 Å². The topological polar surface area (TPSA) is 46.5 Å². The van der Waals surface area contributed by atoms with E-state index >= 15 is 0 Å². The zero-order valence-corrected chi connectivity index (χ0v) is 8.70. The zero-order chi connectivity index (χ0) is 10.4. The summed E-state index contributed by atoms with van der Waals surface area (Å²) < 4.78 is 5.11. The number of aliphatic hydroxyl groups is 1. The van der Waals surface area contributed by atoms with Crippen LogP contribution in [-0.4, -0.2) is 23.6 Å². The minimum Gasteiger partial charge on any atom is -0.509 e. The summed E-state index contributed by atoms with van der Waals surface area (Å²) >= 11 is 0. The molecular formula is C10H18O3. The van der Waals surface area contributed by atoms with Crippen molar-refractivity contribution in [3.8, 4) is 0 Å². The number of carbonyl (C=O) groups is 1. The second kappa shape index (κ2) is 5.75. The molecule has 3 nitrogen and oxygen atoms in total. The summed E-state index contributed by atoms with van der Waals surface area (Å²) in [4.78, 5) is 11.2. The molecule has 1 unspecified atom stereocenters. The highest BCUT2D eigenvalue weighted by molar-refractivity contribution is 5.91. The van der Waals surface area contributed by atoms with Crippen LogP contribution in [0.15, 0.2) is 11.8 Å². The zero-order valence-electron chi connectivity index (χ0n) is 8.70. The van der Waals surface area contributed by atoms with Gasteiger partial charge in [-0.3, -0.25) is 4.79 Å². The Morgan fingerprint density at radius 3 is 2.38 bits per heavy atom. The van der Waals surface area contributed by atoms with Gasteiger partial charge in [-0.1, -0.05) is 13.8 Å². The van der Waals surface area contributed by atoms with Gasteiger partial charge in [0, 0.05) is 18.6 Å². The Kier molecular flexibility index (Phi) is 5.39. The maximum Gasteiger partial charge on any atom is 0.161 e. The monoisotopic (exact) mass is 186 g/mol. The summed E-state index contributed by atoms with van der Waals surface area (Å²) in [7, 11) is 0. The van der Waals surface area contributed by atoms with E-state index in [-0.39, 0.29) is 17.5 Å². The third-order valence-electron chi connectivity index (χ3n) is 1.69. The molecule has 0 radical (unpaired) electrons. The summed E-state index contributed by atoms with van der Waals surface area (Å²) in [5, 5.41) is 9.38. The Hall–Kier alpha value is -0.830. The SMILES string of the molecule is CCOC(C)/C(O)=C/C(=O)C(C)C. The van der Waals surface area contributed by atoms with Crippen molar-refractivity contribution in [3.05, 3.63) is 11.8 Å². The first-order valence-electron chi connectivity index (χ1n) is 4.55. The predicted molar refractivity (Wildman–Crippen MR) is 51.6 cm³/mol. The van der Waals surface area contributed by atoms with E-state index in [1.807, 2.05) is 6.92 Å². The summed E-state index contributed by atoms with van der Waals surface area (Å²) in [6, 6.07) is 0. The van der Waals surface area contributed by atoms with Crippen LogP contribution in [0, 0.1) is 5.92 Å². The van der Waals surface area contributed by atoms with Crippen LogP contribution in [0.5, 0.6) is 0 Å². The minimum absolute atomic E-state index is 0.000509. The van der Waals surface area contributed by atoms with Crippen LogP contribution in [0.1, 0.15) is 27.7 Å². The van der Waals surface area contributed by atoms with Gasteiger partial charge in [0.15, 0.2) is 5.78 Å². The Bertz CT molecular complexity index is 194. The smallest absolute Gasteiger partial charge is 0.161 e. The fourth-order valence-electron chi connectivity index (χ4n) is 0.765. The maximum atomic E-state index is 11.2. The molecule has 0 fully saturated rings. The van der Waals surface area contributed by atoms with Crippen LogP contribution >= 0.6 is 0 Å². The number of aliphatic hydroxyl groups excluding tert-OH is 1. The van der Waals surface area contributed by atoms with Gasteiger partial charge in [-0.15, -0.1) is 0 Å². The van der Waals surface area contributed by atoms with Crippen molar-refractivity contribution in [2.24, 2.45) is 5.92 Å². The highest BCUT2D eigenvalue weighted by atomic mass is 16.5. The van der Waals surface area contributed by atoms with E-state index in [1.165, 1.54) is 6.08 Å². The van der Waals surface area contributed by atoms with Gasteiger partial charge in [-0.25, -0.2) is 0 Å². The predicted octanol–water partition coefficient (Wildman–Crippen LogP) is 2.08. The molecule has 0 aliphatic carbocycles. The average molecular weight is 186 g/mol. The Morgan fingerprint density at radius 2 is 2.00 bits per heavy atom. The molecule has 3 heteroatoms. The third kappa shape index (κ3) is 4.68. The van der Waals surface area contributed by atoms with E-state index in [9.17, 15) is 9.90 Å². The number of hydrogen-bond acceptors (Lipinski definition) is 3. The van der Waals surface area contributed by atoms with Gasteiger partial charge >= 0.3 is 0 Å². The number of ketones is 1. The molecule has 0 bridgehead atoms. The lowest BCUT2D eigenvalue weighted by atomic mass is 10.1. The number of ether oxygens (including phenoxy) is 1. The summed E-state index contributed by atoms with van der Waals surface area (Å²) in [6.45, 7) is 7.65. The first-order valence-corrected chi connectivity index (χ1v) is 4.55. The largest absolute Gasteiger partial charge is 0.509 e. The van der Waals surface area contributed by atoms with Crippen molar-refractivity contribution in [2.75, 3.05) is 6.61 Å². The van der Waals surface area contributed by atoms with Gasteiger partial charge in [-0.05, 0) is 13.8 Å². The second-order valence-electron chi connectivity index (χ2n) is 3.22. The lowest BCUT2D eigenvalue weighted by molar-refractivity contribution is -0.117. The number of allylic oxidation sites excluding steroid dienone is 1. The maximum absolute atomic E-state index is 11.2. The van der Waals surface area contributed by atoms with Crippen LogP contribution < -0.4 is 0 Å². The summed E-state index contributed by atoms with van der Waals surface area (Å²) in [5.41, 5.74) is 0. The normalized spacial score (nSPS) is 14.7. The van der Waals surface area contributed by atoms with Gasteiger partial charge in [0.25, 0.3) is 0 Å². The fourth-order valence-corrected chi connectivity index (χ4v) is 0.765. The van der Waals surface area contributed by atoms with E-state index < -0.39 is 6.10 Å². The lowest BCUT2D eigenvalue weighted by Crippen LogP contribution is -2.14. The van der Waals surface area contributed by atoms with Crippen LogP contribution in [0.3, 0.4) is 0 Å². The Balaban J connectivity index is 4.22. The summed E-state index contributed by atoms with van der Waals surface area (Å²) in [5.74, 6) is -0.166. The molecule has 0 aromatic carbocycles. The van der Waals surface area contributed by atoms with Gasteiger partial charge in [-0.2, -0.15) is 0 Å². The molecule has 0 spiro atoms. The van der Waals surface area contributed by atoms with Crippen LogP contribution in [0.25, 0.3) is 0 Å². The molecule has 0 amide bonds. The van der Waals surface area contributed by atoms with E-state index in [1.54, 1.807) is 20.8 Å². The number of hydrogen-bond donors (Lipinski definition) is 1. The van der Waals surface area contributed by atoms with Crippen molar-refractivity contribution >= 4 is 5.78 Å². The standard InChI is InChI=1S/C10H18O3/c1-5-13-8(4)10(12)6-9(11)7(2)3/h6-8,12H,5H2,1-4H3/b10-6-. The second-order valence-corrected chi connectivity index (χ2v) is 3.22. The first kappa shape index (κ1) is 12.2. The van der Waals surface area contributed by atoms with Crippen molar-refractivity contribution in [1.82, 2.24) is 0 Å². The highest BCUT2D eigenvalue weighted by Gasteiger charge is 2.10.